The zero-order valence-electron chi connectivity index (χ0n) is 11.0. The normalized spacial score (nSPS) is 13.9. The summed E-state index contributed by atoms with van der Waals surface area (Å²) < 4.78 is 11.9. The van der Waals surface area contributed by atoms with Gasteiger partial charge in [0.2, 0.25) is 0 Å². The van der Waals surface area contributed by atoms with Crippen molar-refractivity contribution in [2.24, 2.45) is 0 Å². The maximum Gasteiger partial charge on any atom is 0.272 e. The fourth-order valence-electron chi connectivity index (χ4n) is 1.65. The van der Waals surface area contributed by atoms with Crippen LogP contribution in [0.5, 0.6) is 0 Å². The van der Waals surface area contributed by atoms with Crippen molar-refractivity contribution in [3.8, 4) is 0 Å². The molecule has 0 aliphatic rings. The van der Waals surface area contributed by atoms with Gasteiger partial charge in [0.15, 0.2) is 0 Å². The number of nitrogens with one attached hydrogen (secondary N) is 1. The molecule has 1 rings (SSSR count). The van der Waals surface area contributed by atoms with Gasteiger partial charge in [-0.05, 0) is 24.5 Å². The van der Waals surface area contributed by atoms with Crippen LogP contribution in [0, 0.1) is 0 Å². The number of alkyl halides is 3. The molecule has 1 atom stereocenters. The first kappa shape index (κ1) is 18.2. The van der Waals surface area contributed by atoms with Crippen LogP contribution in [0.3, 0.4) is 0 Å². The van der Waals surface area contributed by atoms with E-state index in [0.717, 1.165) is 5.56 Å². The van der Waals surface area contributed by atoms with E-state index in [0.29, 0.717) is 0 Å². The van der Waals surface area contributed by atoms with Gasteiger partial charge in [-0.1, -0.05) is 65.1 Å². The predicted molar refractivity (Wildman–Crippen MR) is 83.3 cm³/mol. The second kappa shape index (κ2) is 8.59. The maximum atomic E-state index is 14.1. The number of rotatable bonds is 6. The van der Waals surface area contributed by atoms with Crippen molar-refractivity contribution in [1.29, 1.82) is 0 Å². The zero-order chi connectivity index (χ0) is 15.9. The lowest BCUT2D eigenvalue weighted by Crippen LogP contribution is -2.43. The molecule has 0 radical (unpaired) electrons. The highest BCUT2D eigenvalue weighted by Gasteiger charge is 2.33. The molecule has 0 fully saturated rings. The van der Waals surface area contributed by atoms with Gasteiger partial charge in [0.1, 0.15) is 5.83 Å². The Morgan fingerprint density at radius 3 is 2.48 bits per heavy atom. The van der Waals surface area contributed by atoms with Crippen LogP contribution >= 0.6 is 34.8 Å². The average molecular weight is 355 g/mol. The molecule has 1 amide bonds. The zero-order valence-corrected chi connectivity index (χ0v) is 13.3. The second-order valence-corrected chi connectivity index (χ2v) is 6.60. The van der Waals surface area contributed by atoms with E-state index in [-0.39, 0.29) is 19.4 Å². The number of aliphatic hydroxyl groups is 1. The summed E-state index contributed by atoms with van der Waals surface area (Å²) in [5.74, 6) is -1.49. The maximum absolute atomic E-state index is 14.1. The van der Waals surface area contributed by atoms with Crippen molar-refractivity contribution in [1.82, 2.24) is 5.32 Å². The smallest absolute Gasteiger partial charge is 0.272 e. The van der Waals surface area contributed by atoms with E-state index in [1.807, 2.05) is 6.07 Å². The van der Waals surface area contributed by atoms with Crippen molar-refractivity contribution in [3.63, 3.8) is 0 Å². The average Bonchev–Trinajstić information content (AvgIpc) is 2.44. The number of carbonyl (C=O) groups is 1. The molecule has 116 valence electrons. The van der Waals surface area contributed by atoms with Gasteiger partial charge in [-0.25, -0.2) is 4.39 Å². The number of benzene rings is 1. The molecule has 0 saturated carbocycles. The van der Waals surface area contributed by atoms with Crippen LogP contribution in [-0.4, -0.2) is 27.5 Å². The Kier molecular flexibility index (Phi) is 7.46. The lowest BCUT2D eigenvalue weighted by atomic mass is 10.0. The molecule has 0 spiro atoms. The summed E-state index contributed by atoms with van der Waals surface area (Å²) >= 11 is 16.4. The first-order valence-electron chi connectivity index (χ1n) is 6.22. The van der Waals surface area contributed by atoms with Crippen LogP contribution in [0.2, 0.25) is 0 Å². The molecule has 0 saturated heterocycles. The summed E-state index contributed by atoms with van der Waals surface area (Å²) in [5, 5.41) is 11.1. The monoisotopic (exact) mass is 353 g/mol. The minimum absolute atomic E-state index is 0.140. The quantitative estimate of drug-likeness (QED) is 0.770. The van der Waals surface area contributed by atoms with Crippen molar-refractivity contribution in [2.75, 3.05) is 6.61 Å². The number of hydrogen-bond donors (Lipinski definition) is 2. The summed E-state index contributed by atoms with van der Waals surface area (Å²) in [5.41, 5.74) is 0.819. The molecule has 0 heterocycles. The Bertz CT molecular complexity index is 489. The Hall–Kier alpha value is -0.810. The summed E-state index contributed by atoms with van der Waals surface area (Å²) in [6, 6.07) is 8.08. The van der Waals surface area contributed by atoms with E-state index >= 15 is 0 Å². The molecule has 0 aliphatic heterocycles. The van der Waals surface area contributed by atoms with Crippen LogP contribution in [0.1, 0.15) is 12.0 Å². The molecule has 0 bridgehead atoms. The minimum Gasteiger partial charge on any atom is -0.396 e. The second-order valence-electron chi connectivity index (χ2n) is 4.31. The van der Waals surface area contributed by atoms with Gasteiger partial charge in [0.05, 0.1) is 6.04 Å². The van der Waals surface area contributed by atoms with Crippen LogP contribution in [-0.2, 0) is 11.2 Å². The number of carbonyl (C=O) groups excluding carboxylic acids is 1. The molecule has 3 nitrogen and oxygen atoms in total. The molecule has 7 heteroatoms. The van der Waals surface area contributed by atoms with E-state index in [1.54, 1.807) is 24.3 Å². The van der Waals surface area contributed by atoms with Crippen LogP contribution in [0.25, 0.3) is 0 Å². The van der Waals surface area contributed by atoms with E-state index in [2.05, 4.69) is 5.32 Å². The SMILES string of the molecule is O=C(N[C@@H](Cc1ccccc1)/C(F)=C\CCO)C(Cl)(Cl)Cl. The van der Waals surface area contributed by atoms with Crippen molar-refractivity contribution < 1.29 is 14.3 Å². The van der Waals surface area contributed by atoms with Gasteiger partial charge in [0.25, 0.3) is 9.70 Å². The lowest BCUT2D eigenvalue weighted by Gasteiger charge is -2.20. The topological polar surface area (TPSA) is 49.3 Å². The van der Waals surface area contributed by atoms with Crippen molar-refractivity contribution >= 4 is 40.7 Å². The summed E-state index contributed by atoms with van der Waals surface area (Å²) in [4.78, 5) is 11.7. The summed E-state index contributed by atoms with van der Waals surface area (Å²) in [7, 11) is 0. The largest absolute Gasteiger partial charge is 0.396 e. The van der Waals surface area contributed by atoms with Gasteiger partial charge in [-0.3, -0.25) is 4.79 Å². The van der Waals surface area contributed by atoms with E-state index < -0.39 is 21.6 Å². The molecule has 21 heavy (non-hydrogen) atoms. The fraction of sp³-hybridized carbons (Fsp3) is 0.357. The number of halogens is 4. The third-order valence-electron chi connectivity index (χ3n) is 2.65. The van der Waals surface area contributed by atoms with Crippen molar-refractivity contribution in [3.05, 3.63) is 47.8 Å². The van der Waals surface area contributed by atoms with Crippen LogP contribution < -0.4 is 5.32 Å². The Balaban J connectivity index is 2.87. The predicted octanol–water partition coefficient (Wildman–Crippen LogP) is 3.32. The van der Waals surface area contributed by atoms with Gasteiger partial charge in [-0.2, -0.15) is 0 Å². The standard InChI is InChI=1S/C14H15Cl3FNO2/c15-14(16,17)13(21)19-12(11(18)7-4-8-20)9-10-5-2-1-3-6-10/h1-3,5-7,12,20H,4,8-9H2,(H,19,21)/b11-7+/t12-/m0/s1. The number of aliphatic hydroxyl groups excluding tert-OH is 1. The first-order valence-corrected chi connectivity index (χ1v) is 7.36. The Morgan fingerprint density at radius 2 is 1.95 bits per heavy atom. The molecule has 2 N–H and O–H groups in total. The fourth-order valence-corrected chi connectivity index (χ4v) is 1.82. The lowest BCUT2D eigenvalue weighted by molar-refractivity contribution is -0.120. The highest BCUT2D eigenvalue weighted by Crippen LogP contribution is 2.26. The van der Waals surface area contributed by atoms with Gasteiger partial charge in [0, 0.05) is 6.61 Å². The van der Waals surface area contributed by atoms with E-state index in [9.17, 15) is 9.18 Å². The van der Waals surface area contributed by atoms with Crippen LogP contribution in [0.4, 0.5) is 4.39 Å². The summed E-state index contributed by atoms with van der Waals surface area (Å²) in [6.07, 6.45) is 1.55. The molecule has 0 unspecified atom stereocenters. The first-order chi connectivity index (χ1) is 9.84. The van der Waals surface area contributed by atoms with Crippen molar-refractivity contribution in [2.45, 2.75) is 22.7 Å². The number of hydrogen-bond acceptors (Lipinski definition) is 2. The minimum atomic E-state index is -2.16. The van der Waals surface area contributed by atoms with E-state index in [4.69, 9.17) is 39.9 Å². The van der Waals surface area contributed by atoms with E-state index in [1.165, 1.54) is 6.08 Å². The highest BCUT2D eigenvalue weighted by molar-refractivity contribution is 6.76. The van der Waals surface area contributed by atoms with Gasteiger partial charge >= 0.3 is 0 Å². The molecular weight excluding hydrogens is 340 g/mol. The highest BCUT2D eigenvalue weighted by atomic mass is 35.6. The van der Waals surface area contributed by atoms with Gasteiger partial charge in [-0.15, -0.1) is 0 Å². The third-order valence-corrected chi connectivity index (χ3v) is 3.16. The number of amides is 1. The molecular formula is C14H15Cl3FNO2. The Morgan fingerprint density at radius 1 is 1.33 bits per heavy atom. The third kappa shape index (κ3) is 6.66. The summed E-state index contributed by atoms with van der Waals surface area (Å²) in [6.45, 7) is -0.191. The molecule has 1 aromatic rings. The van der Waals surface area contributed by atoms with Gasteiger partial charge < -0.3 is 10.4 Å². The molecule has 0 aromatic heterocycles. The molecule has 1 aromatic carbocycles. The van der Waals surface area contributed by atoms with Crippen LogP contribution in [0.15, 0.2) is 42.2 Å². The molecule has 0 aliphatic carbocycles. The Labute approximate surface area is 137 Å².